The van der Waals surface area contributed by atoms with E-state index >= 15 is 0 Å². The van der Waals surface area contributed by atoms with Crippen LogP contribution in [0.4, 0.5) is 0 Å². The summed E-state index contributed by atoms with van der Waals surface area (Å²) in [7, 11) is -3.73. The van der Waals surface area contributed by atoms with Crippen molar-refractivity contribution in [3.8, 4) is 0 Å². The number of ether oxygens (including phenoxy) is 1. The minimum atomic E-state index is -3.73. The molecule has 0 aromatic heterocycles. The summed E-state index contributed by atoms with van der Waals surface area (Å²) < 4.78 is 33.0. The highest BCUT2D eigenvalue weighted by atomic mass is 32.2. The second-order valence-corrected chi connectivity index (χ2v) is 8.12. The van der Waals surface area contributed by atoms with E-state index in [1.165, 1.54) is 4.31 Å². The minimum absolute atomic E-state index is 0.000551. The van der Waals surface area contributed by atoms with Crippen LogP contribution in [0.2, 0.25) is 0 Å². The van der Waals surface area contributed by atoms with Crippen molar-refractivity contribution in [3.63, 3.8) is 0 Å². The Morgan fingerprint density at radius 2 is 1.76 bits per heavy atom. The number of rotatable bonds is 5. The summed E-state index contributed by atoms with van der Waals surface area (Å²) in [5.74, 6) is -0.135. The van der Waals surface area contributed by atoms with E-state index in [1.54, 1.807) is 55.5 Å². The first-order valence-corrected chi connectivity index (χ1v) is 9.63. The molecule has 6 heteroatoms. The van der Waals surface area contributed by atoms with Gasteiger partial charge in [0, 0.05) is 11.6 Å². The van der Waals surface area contributed by atoms with Crippen molar-refractivity contribution in [3.05, 3.63) is 65.7 Å². The number of nitrogens with zero attached hydrogens (tertiary/aromatic N) is 1. The van der Waals surface area contributed by atoms with E-state index < -0.39 is 16.3 Å². The van der Waals surface area contributed by atoms with Gasteiger partial charge in [-0.15, -0.1) is 0 Å². The maximum atomic E-state index is 13.0. The van der Waals surface area contributed by atoms with Crippen LogP contribution in [0.5, 0.6) is 0 Å². The lowest BCUT2D eigenvalue weighted by Crippen LogP contribution is -2.41. The van der Waals surface area contributed by atoms with E-state index in [9.17, 15) is 13.2 Å². The van der Waals surface area contributed by atoms with Crippen LogP contribution in [0.15, 0.2) is 59.5 Å². The molecule has 0 aliphatic carbocycles. The minimum Gasteiger partial charge on any atom is -0.360 e. The molecule has 2 atom stereocenters. The van der Waals surface area contributed by atoms with Crippen LogP contribution in [-0.4, -0.2) is 37.4 Å². The molecular weight excluding hydrogens is 338 g/mol. The number of carbonyl (C=O) groups is 1. The van der Waals surface area contributed by atoms with Gasteiger partial charge in [-0.25, -0.2) is 8.42 Å². The zero-order chi connectivity index (χ0) is 18.0. The molecule has 132 valence electrons. The highest BCUT2D eigenvalue weighted by Gasteiger charge is 2.42. The number of hydrogen-bond acceptors (Lipinski definition) is 4. The van der Waals surface area contributed by atoms with E-state index in [0.717, 1.165) is 5.56 Å². The fourth-order valence-corrected chi connectivity index (χ4v) is 4.66. The van der Waals surface area contributed by atoms with Gasteiger partial charge in [0.05, 0.1) is 17.9 Å². The van der Waals surface area contributed by atoms with Crippen LogP contribution in [-0.2, 0) is 14.8 Å². The molecule has 2 aromatic carbocycles. The van der Waals surface area contributed by atoms with E-state index in [4.69, 9.17) is 4.74 Å². The molecule has 25 heavy (non-hydrogen) atoms. The molecule has 1 saturated heterocycles. The Kier molecular flexibility index (Phi) is 5.03. The third-order valence-electron chi connectivity index (χ3n) is 4.30. The zero-order valence-electron chi connectivity index (χ0n) is 14.3. The standard InChI is InChI=1S/C19H21NO4S/c1-14-8-10-17(11-9-14)25(22,23)20-15(2)13-24-19(20)12-18(21)16-6-4-3-5-7-16/h3-11,15,19H,12-13H2,1-2H3/t15-,19-/m0/s1. The molecule has 3 rings (SSSR count). The molecule has 0 saturated carbocycles. The second kappa shape index (κ2) is 7.07. The van der Waals surface area contributed by atoms with Gasteiger partial charge in [0.1, 0.15) is 6.23 Å². The van der Waals surface area contributed by atoms with Gasteiger partial charge < -0.3 is 4.74 Å². The zero-order valence-corrected chi connectivity index (χ0v) is 15.1. The first kappa shape index (κ1) is 17.8. The van der Waals surface area contributed by atoms with Crippen LogP contribution < -0.4 is 0 Å². The normalized spacial score (nSPS) is 21.4. The van der Waals surface area contributed by atoms with Crippen LogP contribution >= 0.6 is 0 Å². The van der Waals surface area contributed by atoms with Crippen LogP contribution in [0.1, 0.15) is 29.3 Å². The average Bonchev–Trinajstić information content (AvgIpc) is 2.97. The van der Waals surface area contributed by atoms with Crippen LogP contribution in [0.3, 0.4) is 0 Å². The van der Waals surface area contributed by atoms with Crippen LogP contribution in [0.25, 0.3) is 0 Å². The van der Waals surface area contributed by atoms with Crippen molar-refractivity contribution in [1.29, 1.82) is 0 Å². The van der Waals surface area contributed by atoms with Crippen molar-refractivity contribution in [1.82, 2.24) is 4.31 Å². The van der Waals surface area contributed by atoms with E-state index in [-0.39, 0.29) is 29.7 Å². The van der Waals surface area contributed by atoms with Gasteiger partial charge >= 0.3 is 0 Å². The molecule has 1 heterocycles. The summed E-state index contributed by atoms with van der Waals surface area (Å²) in [4.78, 5) is 12.7. The van der Waals surface area contributed by atoms with Gasteiger partial charge in [0.15, 0.2) is 5.78 Å². The Balaban J connectivity index is 1.85. The molecule has 0 radical (unpaired) electrons. The topological polar surface area (TPSA) is 63.7 Å². The number of sulfonamides is 1. The first-order valence-electron chi connectivity index (χ1n) is 8.19. The first-order chi connectivity index (χ1) is 11.9. The van der Waals surface area contributed by atoms with Crippen molar-refractivity contribution in [2.24, 2.45) is 0 Å². The molecule has 1 aliphatic heterocycles. The van der Waals surface area contributed by atoms with Crippen molar-refractivity contribution in [2.75, 3.05) is 6.61 Å². The summed E-state index contributed by atoms with van der Waals surface area (Å²) in [5, 5.41) is 0. The Bertz CT molecular complexity index is 847. The quantitative estimate of drug-likeness (QED) is 0.770. The molecule has 0 amide bonds. The Labute approximate surface area is 148 Å². The molecule has 1 fully saturated rings. The highest BCUT2D eigenvalue weighted by molar-refractivity contribution is 7.89. The van der Waals surface area contributed by atoms with Crippen LogP contribution in [0, 0.1) is 6.92 Å². The summed E-state index contributed by atoms with van der Waals surface area (Å²) in [5.41, 5.74) is 1.54. The highest BCUT2D eigenvalue weighted by Crippen LogP contribution is 2.29. The number of benzene rings is 2. The Morgan fingerprint density at radius 3 is 2.40 bits per heavy atom. The number of Topliss-reactive ketones (excluding diaryl/α,β-unsaturated/α-hetero) is 1. The van der Waals surface area contributed by atoms with Gasteiger partial charge in [-0.2, -0.15) is 4.31 Å². The molecule has 0 N–H and O–H groups in total. The van der Waals surface area contributed by atoms with Gasteiger partial charge in [-0.05, 0) is 26.0 Å². The summed E-state index contributed by atoms with van der Waals surface area (Å²) in [6.07, 6.45) is -0.784. The summed E-state index contributed by atoms with van der Waals surface area (Å²) in [6, 6.07) is 15.2. The van der Waals surface area contributed by atoms with E-state index in [0.29, 0.717) is 5.56 Å². The van der Waals surface area contributed by atoms with Crippen molar-refractivity contribution >= 4 is 15.8 Å². The maximum Gasteiger partial charge on any atom is 0.245 e. The fourth-order valence-electron chi connectivity index (χ4n) is 2.95. The number of aryl methyl sites for hydroxylation is 1. The fraction of sp³-hybridized carbons (Fsp3) is 0.316. The lowest BCUT2D eigenvalue weighted by Gasteiger charge is -2.25. The molecule has 1 aliphatic rings. The van der Waals surface area contributed by atoms with Crippen molar-refractivity contribution in [2.45, 2.75) is 37.4 Å². The molecule has 0 bridgehead atoms. The molecule has 2 aromatic rings. The molecular formula is C19H21NO4S. The number of hydrogen-bond donors (Lipinski definition) is 0. The Morgan fingerprint density at radius 1 is 1.12 bits per heavy atom. The summed E-state index contributed by atoms with van der Waals surface area (Å²) in [6.45, 7) is 3.97. The van der Waals surface area contributed by atoms with Gasteiger partial charge in [0.2, 0.25) is 10.0 Å². The van der Waals surface area contributed by atoms with E-state index in [2.05, 4.69) is 0 Å². The molecule has 0 unspecified atom stereocenters. The molecule has 0 spiro atoms. The number of ketones is 1. The maximum absolute atomic E-state index is 13.0. The third kappa shape index (κ3) is 3.66. The van der Waals surface area contributed by atoms with Crippen molar-refractivity contribution < 1.29 is 17.9 Å². The number of carbonyl (C=O) groups excluding carboxylic acids is 1. The second-order valence-electron chi connectivity index (χ2n) is 6.28. The Hall–Kier alpha value is -2.02. The predicted molar refractivity (Wildman–Crippen MR) is 94.8 cm³/mol. The largest absolute Gasteiger partial charge is 0.360 e. The van der Waals surface area contributed by atoms with Gasteiger partial charge in [-0.1, -0.05) is 48.0 Å². The predicted octanol–water partition coefficient (Wildman–Crippen LogP) is 3.00. The van der Waals surface area contributed by atoms with Gasteiger partial charge in [0.25, 0.3) is 0 Å². The molecule has 5 nitrogen and oxygen atoms in total. The van der Waals surface area contributed by atoms with Gasteiger partial charge in [-0.3, -0.25) is 4.79 Å². The average molecular weight is 359 g/mol. The smallest absolute Gasteiger partial charge is 0.245 e. The summed E-state index contributed by atoms with van der Waals surface area (Å²) >= 11 is 0. The third-order valence-corrected chi connectivity index (χ3v) is 6.32. The lowest BCUT2D eigenvalue weighted by atomic mass is 10.1. The lowest BCUT2D eigenvalue weighted by molar-refractivity contribution is 0.0538. The van der Waals surface area contributed by atoms with E-state index in [1.807, 2.05) is 13.0 Å². The monoisotopic (exact) mass is 359 g/mol. The SMILES string of the molecule is Cc1ccc(S(=O)(=O)N2[C@H](CC(=O)c3ccccc3)OC[C@@H]2C)cc1.